The van der Waals surface area contributed by atoms with Crippen LogP contribution in [0.3, 0.4) is 0 Å². The van der Waals surface area contributed by atoms with Crippen LogP contribution in [0.2, 0.25) is 0 Å². The molecule has 0 saturated carbocycles. The van der Waals surface area contributed by atoms with Gasteiger partial charge in [-0.05, 0) is 30.5 Å². The van der Waals surface area contributed by atoms with Gasteiger partial charge in [0.05, 0.1) is 4.90 Å². The molecule has 0 saturated heterocycles. The van der Waals surface area contributed by atoms with Crippen molar-refractivity contribution in [2.45, 2.75) is 38.0 Å². The van der Waals surface area contributed by atoms with E-state index in [0.717, 1.165) is 17.5 Å². The van der Waals surface area contributed by atoms with Crippen LogP contribution in [0.4, 0.5) is 0 Å². The zero-order valence-electron chi connectivity index (χ0n) is 11.1. The zero-order chi connectivity index (χ0) is 13.8. The number of alkyl halides is 1. The van der Waals surface area contributed by atoms with Gasteiger partial charge in [-0.1, -0.05) is 26.0 Å². The summed E-state index contributed by atoms with van der Waals surface area (Å²) in [7, 11) is -3.40. The summed E-state index contributed by atoms with van der Waals surface area (Å²) in [5.74, 6) is 0.322. The Labute approximate surface area is 115 Å². The van der Waals surface area contributed by atoms with Crippen LogP contribution < -0.4 is 0 Å². The van der Waals surface area contributed by atoms with Gasteiger partial charge in [0, 0.05) is 19.0 Å². The number of hydrogen-bond donors (Lipinski definition) is 0. The van der Waals surface area contributed by atoms with Gasteiger partial charge in [-0.25, -0.2) is 8.42 Å². The van der Waals surface area contributed by atoms with Crippen molar-refractivity contribution in [2.75, 3.05) is 13.1 Å². The minimum absolute atomic E-state index is 0.322. The third kappa shape index (κ3) is 3.25. The van der Waals surface area contributed by atoms with Crippen molar-refractivity contribution in [3.05, 3.63) is 29.3 Å². The van der Waals surface area contributed by atoms with E-state index in [0.29, 0.717) is 23.9 Å². The van der Waals surface area contributed by atoms with Crippen molar-refractivity contribution < 1.29 is 8.42 Å². The second-order valence-electron chi connectivity index (χ2n) is 4.23. The van der Waals surface area contributed by atoms with Crippen molar-refractivity contribution >= 4 is 21.6 Å². The first-order chi connectivity index (χ1) is 8.47. The monoisotopic (exact) mass is 289 g/mol. The summed E-state index contributed by atoms with van der Waals surface area (Å²) in [6.07, 6.45) is 0.807. The molecule has 0 spiro atoms. The van der Waals surface area contributed by atoms with Gasteiger partial charge < -0.3 is 0 Å². The highest BCUT2D eigenvalue weighted by molar-refractivity contribution is 7.89. The molecule has 1 aromatic rings. The molecule has 0 unspecified atom stereocenters. The Morgan fingerprint density at radius 3 is 2.44 bits per heavy atom. The topological polar surface area (TPSA) is 37.4 Å². The summed E-state index contributed by atoms with van der Waals surface area (Å²) in [5, 5.41) is 0. The van der Waals surface area contributed by atoms with Gasteiger partial charge >= 0.3 is 0 Å². The summed E-state index contributed by atoms with van der Waals surface area (Å²) in [6, 6.07) is 5.35. The van der Waals surface area contributed by atoms with Crippen molar-refractivity contribution in [2.24, 2.45) is 0 Å². The molecule has 0 aliphatic carbocycles. The summed E-state index contributed by atoms with van der Waals surface area (Å²) >= 11 is 5.77. The smallest absolute Gasteiger partial charge is 0.207 e. The SMILES string of the molecule is CCCN(CC)S(=O)(=O)c1cc(CCl)ccc1C. The molecule has 0 aliphatic heterocycles. The third-order valence-corrected chi connectivity index (χ3v) is 5.28. The molecule has 0 N–H and O–H groups in total. The summed E-state index contributed by atoms with van der Waals surface area (Å²) in [4.78, 5) is 0.371. The Balaban J connectivity index is 3.26. The average Bonchev–Trinajstić information content (AvgIpc) is 2.36. The molecule has 0 aromatic heterocycles. The van der Waals surface area contributed by atoms with Crippen LogP contribution >= 0.6 is 11.6 Å². The van der Waals surface area contributed by atoms with E-state index in [1.165, 1.54) is 4.31 Å². The molecule has 0 fully saturated rings. The Kier molecular flexibility index (Phi) is 5.63. The molecular weight excluding hydrogens is 270 g/mol. The minimum atomic E-state index is -3.40. The highest BCUT2D eigenvalue weighted by Gasteiger charge is 2.24. The molecule has 0 atom stereocenters. The largest absolute Gasteiger partial charge is 0.243 e. The Morgan fingerprint density at radius 1 is 1.28 bits per heavy atom. The molecule has 1 rings (SSSR count). The maximum absolute atomic E-state index is 12.5. The van der Waals surface area contributed by atoms with Crippen LogP contribution in [0.1, 0.15) is 31.4 Å². The average molecular weight is 290 g/mol. The number of hydrogen-bond acceptors (Lipinski definition) is 2. The van der Waals surface area contributed by atoms with E-state index in [-0.39, 0.29) is 0 Å². The number of aryl methyl sites for hydroxylation is 1. The van der Waals surface area contributed by atoms with E-state index >= 15 is 0 Å². The van der Waals surface area contributed by atoms with E-state index in [1.54, 1.807) is 6.07 Å². The van der Waals surface area contributed by atoms with E-state index in [4.69, 9.17) is 11.6 Å². The minimum Gasteiger partial charge on any atom is -0.207 e. The molecule has 0 amide bonds. The second kappa shape index (κ2) is 6.55. The molecule has 0 radical (unpaired) electrons. The molecule has 5 heteroatoms. The lowest BCUT2D eigenvalue weighted by molar-refractivity contribution is 0.426. The Morgan fingerprint density at radius 2 is 1.94 bits per heavy atom. The first-order valence-corrected chi connectivity index (χ1v) is 8.10. The highest BCUT2D eigenvalue weighted by Crippen LogP contribution is 2.22. The normalized spacial score (nSPS) is 12.1. The number of benzene rings is 1. The lowest BCUT2D eigenvalue weighted by atomic mass is 10.2. The van der Waals surface area contributed by atoms with Crippen LogP contribution in [-0.2, 0) is 15.9 Å². The lowest BCUT2D eigenvalue weighted by Crippen LogP contribution is -2.32. The second-order valence-corrected chi connectivity index (χ2v) is 6.40. The molecular formula is C13H20ClNO2S. The molecule has 102 valence electrons. The van der Waals surface area contributed by atoms with Crippen molar-refractivity contribution in [3.63, 3.8) is 0 Å². The van der Waals surface area contributed by atoms with E-state index < -0.39 is 10.0 Å². The maximum Gasteiger partial charge on any atom is 0.243 e. The fourth-order valence-electron chi connectivity index (χ4n) is 1.84. The van der Waals surface area contributed by atoms with Crippen LogP contribution in [0, 0.1) is 6.92 Å². The van der Waals surface area contributed by atoms with Crippen LogP contribution in [-0.4, -0.2) is 25.8 Å². The number of rotatable bonds is 6. The zero-order valence-corrected chi connectivity index (χ0v) is 12.7. The van der Waals surface area contributed by atoms with E-state index in [9.17, 15) is 8.42 Å². The molecule has 1 aromatic carbocycles. The van der Waals surface area contributed by atoms with E-state index in [2.05, 4.69) is 0 Å². The van der Waals surface area contributed by atoms with E-state index in [1.807, 2.05) is 32.9 Å². The van der Waals surface area contributed by atoms with Crippen molar-refractivity contribution in [1.29, 1.82) is 0 Å². The Bertz CT molecular complexity index is 500. The molecule has 3 nitrogen and oxygen atoms in total. The number of nitrogens with zero attached hydrogens (tertiary/aromatic N) is 1. The number of sulfonamides is 1. The highest BCUT2D eigenvalue weighted by atomic mass is 35.5. The first-order valence-electron chi connectivity index (χ1n) is 6.13. The molecule has 0 heterocycles. The summed E-state index contributed by atoms with van der Waals surface area (Å²) < 4.78 is 26.6. The lowest BCUT2D eigenvalue weighted by Gasteiger charge is -2.21. The van der Waals surface area contributed by atoms with Gasteiger partial charge in [-0.15, -0.1) is 11.6 Å². The van der Waals surface area contributed by atoms with Gasteiger partial charge in [0.2, 0.25) is 10.0 Å². The van der Waals surface area contributed by atoms with Crippen molar-refractivity contribution in [3.8, 4) is 0 Å². The summed E-state index contributed by atoms with van der Waals surface area (Å²) in [6.45, 7) is 6.67. The third-order valence-electron chi connectivity index (χ3n) is 2.85. The predicted molar refractivity (Wildman–Crippen MR) is 75.5 cm³/mol. The predicted octanol–water partition coefficient (Wildman–Crippen LogP) is 3.15. The van der Waals surface area contributed by atoms with Crippen molar-refractivity contribution in [1.82, 2.24) is 4.31 Å². The molecule has 0 aliphatic rings. The maximum atomic E-state index is 12.5. The van der Waals surface area contributed by atoms with Gasteiger partial charge in [0.1, 0.15) is 0 Å². The van der Waals surface area contributed by atoms with Crippen LogP contribution in [0.5, 0.6) is 0 Å². The fraction of sp³-hybridized carbons (Fsp3) is 0.538. The quantitative estimate of drug-likeness (QED) is 0.755. The Hall–Kier alpha value is -0.580. The van der Waals surface area contributed by atoms with Gasteiger partial charge in [-0.3, -0.25) is 0 Å². The molecule has 18 heavy (non-hydrogen) atoms. The van der Waals surface area contributed by atoms with Gasteiger partial charge in [0.25, 0.3) is 0 Å². The summed E-state index contributed by atoms with van der Waals surface area (Å²) in [5.41, 5.74) is 1.59. The first kappa shape index (κ1) is 15.5. The molecule has 0 bridgehead atoms. The fourth-order valence-corrected chi connectivity index (χ4v) is 3.82. The van der Waals surface area contributed by atoms with Crippen LogP contribution in [0.25, 0.3) is 0 Å². The van der Waals surface area contributed by atoms with Gasteiger partial charge in [0.15, 0.2) is 0 Å². The number of halogens is 1. The van der Waals surface area contributed by atoms with Crippen LogP contribution in [0.15, 0.2) is 23.1 Å². The standard InChI is InChI=1S/C13H20ClNO2S/c1-4-8-15(5-2)18(16,17)13-9-12(10-14)7-6-11(13)3/h6-7,9H,4-5,8,10H2,1-3H3. The van der Waals surface area contributed by atoms with Gasteiger partial charge in [-0.2, -0.15) is 4.31 Å².